The molecule has 2 aromatic carbocycles. The monoisotopic (exact) mass is 348 g/mol. The summed E-state index contributed by atoms with van der Waals surface area (Å²) in [5, 5.41) is 2.78. The summed E-state index contributed by atoms with van der Waals surface area (Å²) >= 11 is 0. The van der Waals surface area contributed by atoms with Crippen LogP contribution in [0.15, 0.2) is 48.5 Å². The third kappa shape index (κ3) is 3.81. The van der Waals surface area contributed by atoms with E-state index in [0.717, 1.165) is 12.5 Å². The highest BCUT2D eigenvalue weighted by atomic mass is 15.1. The van der Waals surface area contributed by atoms with Gasteiger partial charge in [0.1, 0.15) is 0 Å². The smallest absolute Gasteiger partial charge is 0.0491 e. The molecule has 0 bridgehead atoms. The van der Waals surface area contributed by atoms with Crippen molar-refractivity contribution in [2.24, 2.45) is 5.92 Å². The second-order valence-electron chi connectivity index (χ2n) is 8.12. The zero-order valence-corrected chi connectivity index (χ0v) is 16.2. The Morgan fingerprint density at radius 2 is 1.27 bits per heavy atom. The molecular weight excluding hydrogens is 316 g/mol. The summed E-state index contributed by atoms with van der Waals surface area (Å²) in [6, 6.07) is 17.7. The van der Waals surface area contributed by atoms with Crippen molar-refractivity contribution in [2.75, 3.05) is 19.6 Å². The van der Waals surface area contributed by atoms with Crippen molar-refractivity contribution in [1.29, 1.82) is 0 Å². The lowest BCUT2D eigenvalue weighted by Gasteiger charge is -2.30. The molecule has 26 heavy (non-hydrogen) atoms. The van der Waals surface area contributed by atoms with E-state index in [2.05, 4.69) is 64.9 Å². The molecule has 1 aliphatic rings. The molecule has 0 unspecified atom stereocenters. The van der Waals surface area contributed by atoms with Crippen LogP contribution < -0.4 is 0 Å². The maximum absolute atomic E-state index is 2.67. The van der Waals surface area contributed by atoms with Crippen LogP contribution >= 0.6 is 0 Å². The van der Waals surface area contributed by atoms with Gasteiger partial charge in [-0.05, 0) is 63.4 Å². The molecule has 0 amide bonds. The average Bonchev–Trinajstić information content (AvgIpc) is 3.00. The normalized spacial score (nSPS) is 16.7. The van der Waals surface area contributed by atoms with E-state index in [1.807, 2.05) is 0 Å². The predicted molar refractivity (Wildman–Crippen MR) is 113 cm³/mol. The summed E-state index contributed by atoms with van der Waals surface area (Å²) in [7, 11) is 0. The van der Waals surface area contributed by atoms with Crippen LogP contribution in [0.4, 0.5) is 0 Å². The van der Waals surface area contributed by atoms with Crippen molar-refractivity contribution < 1.29 is 0 Å². The Morgan fingerprint density at radius 1 is 0.731 bits per heavy atom. The third-order valence-corrected chi connectivity index (χ3v) is 6.16. The van der Waals surface area contributed by atoms with Gasteiger partial charge in [0, 0.05) is 28.4 Å². The molecule has 0 aliphatic carbocycles. The zero-order chi connectivity index (χ0) is 17.8. The number of likely N-dealkylation sites (tertiary alicyclic amines) is 1. The van der Waals surface area contributed by atoms with Gasteiger partial charge in [0.25, 0.3) is 0 Å². The molecule has 2 heterocycles. The number of benzene rings is 2. The lowest BCUT2D eigenvalue weighted by molar-refractivity contribution is 0.189. The summed E-state index contributed by atoms with van der Waals surface area (Å²) < 4.78 is 2.52. The van der Waals surface area contributed by atoms with Crippen molar-refractivity contribution in [3.8, 4) is 0 Å². The van der Waals surface area contributed by atoms with Gasteiger partial charge in [-0.2, -0.15) is 0 Å². The highest BCUT2D eigenvalue weighted by Crippen LogP contribution is 2.29. The Kier molecular flexibility index (Phi) is 5.59. The predicted octanol–water partition coefficient (Wildman–Crippen LogP) is 6.09. The minimum Gasteiger partial charge on any atom is -0.340 e. The van der Waals surface area contributed by atoms with Crippen LogP contribution in [0.3, 0.4) is 0 Å². The fourth-order valence-electron chi connectivity index (χ4n) is 4.49. The van der Waals surface area contributed by atoms with Crippen LogP contribution in [-0.2, 0) is 6.54 Å². The fraction of sp³-hybridized carbons (Fsp3) is 0.500. The number of piperidine rings is 1. The number of unbranched alkanes of at least 4 members (excludes halogenated alkanes) is 3. The number of aromatic nitrogens is 1. The summed E-state index contributed by atoms with van der Waals surface area (Å²) in [4.78, 5) is 2.67. The lowest BCUT2D eigenvalue weighted by atomic mass is 9.99. The van der Waals surface area contributed by atoms with Crippen molar-refractivity contribution in [1.82, 2.24) is 9.47 Å². The van der Waals surface area contributed by atoms with E-state index in [1.165, 1.54) is 80.0 Å². The average molecular weight is 349 g/mol. The molecule has 0 radical (unpaired) electrons. The quantitative estimate of drug-likeness (QED) is 0.469. The summed E-state index contributed by atoms with van der Waals surface area (Å²) in [5.41, 5.74) is 2.77. The number of hydrogen-bond donors (Lipinski definition) is 0. The molecule has 138 valence electrons. The maximum Gasteiger partial charge on any atom is 0.0491 e. The number of rotatable bonds is 7. The highest BCUT2D eigenvalue weighted by Gasteiger charge is 2.14. The van der Waals surface area contributed by atoms with Crippen LogP contribution in [0, 0.1) is 5.92 Å². The fourth-order valence-corrected chi connectivity index (χ4v) is 4.49. The topological polar surface area (TPSA) is 8.17 Å². The van der Waals surface area contributed by atoms with E-state index in [4.69, 9.17) is 0 Å². The van der Waals surface area contributed by atoms with Gasteiger partial charge in [-0.15, -0.1) is 0 Å². The van der Waals surface area contributed by atoms with E-state index in [0.29, 0.717) is 0 Å². The van der Waals surface area contributed by atoms with Gasteiger partial charge in [-0.25, -0.2) is 0 Å². The van der Waals surface area contributed by atoms with Crippen molar-refractivity contribution in [2.45, 2.75) is 52.0 Å². The van der Waals surface area contributed by atoms with Gasteiger partial charge in [0.2, 0.25) is 0 Å². The molecule has 0 N–H and O–H groups in total. The van der Waals surface area contributed by atoms with E-state index < -0.39 is 0 Å². The van der Waals surface area contributed by atoms with Gasteiger partial charge in [0.15, 0.2) is 0 Å². The molecule has 2 heteroatoms. The minimum absolute atomic E-state index is 0.942. The molecule has 0 atom stereocenters. The van der Waals surface area contributed by atoms with Crippen molar-refractivity contribution >= 4 is 21.8 Å². The Bertz CT molecular complexity index is 786. The molecule has 0 saturated carbocycles. The molecule has 1 saturated heterocycles. The molecule has 4 rings (SSSR count). The molecular formula is C24H32N2. The number of fused-ring (bicyclic) bond motifs is 3. The van der Waals surface area contributed by atoms with Crippen molar-refractivity contribution in [3.05, 3.63) is 48.5 Å². The van der Waals surface area contributed by atoms with Gasteiger partial charge < -0.3 is 9.47 Å². The molecule has 1 aromatic heterocycles. The third-order valence-electron chi connectivity index (χ3n) is 6.16. The van der Waals surface area contributed by atoms with E-state index in [1.54, 1.807) is 0 Å². The number of para-hydroxylation sites is 2. The molecule has 1 fully saturated rings. The first-order chi connectivity index (χ1) is 12.8. The SMILES string of the molecule is CC1CCN(CCCCCCn2c3ccccc3c3ccccc32)CC1. The number of nitrogens with zero attached hydrogens (tertiary/aromatic N) is 2. The Morgan fingerprint density at radius 3 is 1.88 bits per heavy atom. The Labute approximate surface area is 157 Å². The molecule has 0 spiro atoms. The first-order valence-corrected chi connectivity index (χ1v) is 10.5. The molecule has 2 nitrogen and oxygen atoms in total. The van der Waals surface area contributed by atoms with Crippen LogP contribution in [0.1, 0.15) is 45.4 Å². The summed E-state index contributed by atoms with van der Waals surface area (Å²) in [5.74, 6) is 0.942. The van der Waals surface area contributed by atoms with Gasteiger partial charge in [-0.1, -0.05) is 56.2 Å². The van der Waals surface area contributed by atoms with Crippen LogP contribution in [0.2, 0.25) is 0 Å². The number of hydrogen-bond acceptors (Lipinski definition) is 1. The lowest BCUT2D eigenvalue weighted by Crippen LogP contribution is -2.33. The largest absolute Gasteiger partial charge is 0.340 e. The summed E-state index contributed by atoms with van der Waals surface area (Å²) in [6.07, 6.45) is 8.14. The van der Waals surface area contributed by atoms with Crippen LogP contribution in [0.25, 0.3) is 21.8 Å². The standard InChI is InChI=1S/C24H32N2/c1-20-14-18-25(19-15-20)16-8-2-3-9-17-26-23-12-6-4-10-21(23)22-11-5-7-13-24(22)26/h4-7,10-13,20H,2-3,8-9,14-19H2,1H3. The van der Waals surface area contributed by atoms with E-state index >= 15 is 0 Å². The first kappa shape index (κ1) is 17.6. The van der Waals surface area contributed by atoms with Crippen LogP contribution in [-0.4, -0.2) is 29.1 Å². The zero-order valence-electron chi connectivity index (χ0n) is 16.2. The second-order valence-corrected chi connectivity index (χ2v) is 8.12. The Balaban J connectivity index is 1.29. The van der Waals surface area contributed by atoms with Gasteiger partial charge in [-0.3, -0.25) is 0 Å². The maximum atomic E-state index is 2.67. The molecule has 3 aromatic rings. The summed E-state index contributed by atoms with van der Waals surface area (Å²) in [6.45, 7) is 7.48. The molecule has 1 aliphatic heterocycles. The van der Waals surface area contributed by atoms with Crippen LogP contribution in [0.5, 0.6) is 0 Å². The number of aryl methyl sites for hydroxylation is 1. The Hall–Kier alpha value is -1.80. The van der Waals surface area contributed by atoms with Gasteiger partial charge in [0.05, 0.1) is 0 Å². The van der Waals surface area contributed by atoms with E-state index in [9.17, 15) is 0 Å². The second kappa shape index (κ2) is 8.26. The van der Waals surface area contributed by atoms with Crippen molar-refractivity contribution in [3.63, 3.8) is 0 Å². The highest BCUT2D eigenvalue weighted by molar-refractivity contribution is 6.07. The van der Waals surface area contributed by atoms with Gasteiger partial charge >= 0.3 is 0 Å². The van der Waals surface area contributed by atoms with E-state index in [-0.39, 0.29) is 0 Å². The minimum atomic E-state index is 0.942. The first-order valence-electron chi connectivity index (χ1n) is 10.5.